The highest BCUT2D eigenvalue weighted by Crippen LogP contribution is 2.33. The molecule has 150 valence electrons. The molecule has 3 rings (SSSR count). The Balaban J connectivity index is 1.73. The molecule has 0 saturated carbocycles. The molecule has 0 unspecified atom stereocenters. The highest BCUT2D eigenvalue weighted by Gasteiger charge is 2.38. The first-order valence-corrected chi connectivity index (χ1v) is 9.71. The van der Waals surface area contributed by atoms with Gasteiger partial charge < -0.3 is 19.3 Å². The van der Waals surface area contributed by atoms with Gasteiger partial charge in [-0.3, -0.25) is 4.79 Å². The van der Waals surface area contributed by atoms with Gasteiger partial charge in [-0.1, -0.05) is 30.3 Å². The van der Waals surface area contributed by atoms with Gasteiger partial charge in [0.05, 0.1) is 11.7 Å². The standard InChI is InChI=1S/C22H28N2O4/c1-16(24-14-13-22(2,12-5-15-25)28-21(24)27)17-8-10-18(11-9-17)19-6-4-7-20(26)23(19)3/h4,6-11,16,25H,5,12-15H2,1-3H3/t16-,22+/m0/s1. The summed E-state index contributed by atoms with van der Waals surface area (Å²) < 4.78 is 7.31. The van der Waals surface area contributed by atoms with Crippen molar-refractivity contribution in [3.8, 4) is 11.3 Å². The molecule has 2 aromatic rings. The fraction of sp³-hybridized carbons (Fsp3) is 0.455. The lowest BCUT2D eigenvalue weighted by atomic mass is 9.93. The molecule has 1 fully saturated rings. The predicted molar refractivity (Wildman–Crippen MR) is 108 cm³/mol. The summed E-state index contributed by atoms with van der Waals surface area (Å²) >= 11 is 0. The number of nitrogens with zero attached hydrogens (tertiary/aromatic N) is 2. The predicted octanol–water partition coefficient (Wildman–Crippen LogP) is 3.49. The van der Waals surface area contributed by atoms with E-state index >= 15 is 0 Å². The van der Waals surface area contributed by atoms with Crippen molar-refractivity contribution in [2.45, 2.75) is 44.8 Å². The number of cyclic esters (lactones) is 1. The highest BCUT2D eigenvalue weighted by molar-refractivity contribution is 5.70. The van der Waals surface area contributed by atoms with Crippen LogP contribution in [0.25, 0.3) is 11.3 Å². The number of rotatable bonds is 6. The first-order valence-electron chi connectivity index (χ1n) is 9.71. The van der Waals surface area contributed by atoms with Gasteiger partial charge in [0.15, 0.2) is 0 Å². The third kappa shape index (κ3) is 4.12. The van der Waals surface area contributed by atoms with Crippen LogP contribution in [0.15, 0.2) is 47.3 Å². The maximum Gasteiger partial charge on any atom is 0.410 e. The van der Waals surface area contributed by atoms with Crippen molar-refractivity contribution in [1.29, 1.82) is 0 Å². The Morgan fingerprint density at radius 2 is 1.89 bits per heavy atom. The lowest BCUT2D eigenvalue weighted by Crippen LogP contribution is -2.48. The van der Waals surface area contributed by atoms with E-state index in [1.54, 1.807) is 22.6 Å². The van der Waals surface area contributed by atoms with Crippen LogP contribution in [-0.4, -0.2) is 39.4 Å². The smallest absolute Gasteiger partial charge is 0.410 e. The van der Waals surface area contributed by atoms with E-state index in [2.05, 4.69) is 0 Å². The fourth-order valence-electron chi connectivity index (χ4n) is 3.72. The first kappa shape index (κ1) is 20.1. The van der Waals surface area contributed by atoms with Gasteiger partial charge in [0.2, 0.25) is 0 Å². The number of ether oxygens (including phenoxy) is 1. The Hall–Kier alpha value is -2.60. The topological polar surface area (TPSA) is 71.8 Å². The maximum absolute atomic E-state index is 12.6. The number of amides is 1. The van der Waals surface area contributed by atoms with Crippen molar-refractivity contribution in [3.05, 3.63) is 58.4 Å². The second-order valence-corrected chi connectivity index (χ2v) is 7.69. The van der Waals surface area contributed by atoms with Gasteiger partial charge in [-0.2, -0.15) is 0 Å². The Morgan fingerprint density at radius 3 is 2.54 bits per heavy atom. The van der Waals surface area contributed by atoms with E-state index in [0.29, 0.717) is 19.4 Å². The third-order valence-electron chi connectivity index (χ3n) is 5.65. The molecule has 2 atom stereocenters. The van der Waals surface area contributed by atoms with Crippen LogP contribution in [0.5, 0.6) is 0 Å². The summed E-state index contributed by atoms with van der Waals surface area (Å²) in [7, 11) is 1.76. The largest absolute Gasteiger partial charge is 0.443 e. The number of hydrogen-bond acceptors (Lipinski definition) is 4. The van der Waals surface area contributed by atoms with Gasteiger partial charge in [-0.05, 0) is 43.9 Å². The van der Waals surface area contributed by atoms with Crippen molar-refractivity contribution in [2.24, 2.45) is 7.05 Å². The Labute approximate surface area is 165 Å². The van der Waals surface area contributed by atoms with E-state index in [-0.39, 0.29) is 24.3 Å². The quantitative estimate of drug-likeness (QED) is 0.828. The molecule has 6 nitrogen and oxygen atoms in total. The lowest BCUT2D eigenvalue weighted by molar-refractivity contribution is -0.0521. The zero-order chi connectivity index (χ0) is 20.3. The molecule has 1 aliphatic heterocycles. The molecule has 1 saturated heterocycles. The minimum atomic E-state index is -0.502. The monoisotopic (exact) mass is 384 g/mol. The minimum absolute atomic E-state index is 0.0461. The van der Waals surface area contributed by atoms with Crippen molar-refractivity contribution in [3.63, 3.8) is 0 Å². The number of benzene rings is 1. The molecule has 1 aliphatic rings. The Kier molecular flexibility index (Phi) is 5.89. The zero-order valence-electron chi connectivity index (χ0n) is 16.7. The van der Waals surface area contributed by atoms with E-state index < -0.39 is 5.60 Å². The van der Waals surface area contributed by atoms with Crippen LogP contribution in [0.4, 0.5) is 4.79 Å². The van der Waals surface area contributed by atoms with Crippen molar-refractivity contribution in [1.82, 2.24) is 9.47 Å². The van der Waals surface area contributed by atoms with Crippen LogP contribution in [0.1, 0.15) is 44.7 Å². The summed E-state index contributed by atoms with van der Waals surface area (Å²) in [5, 5.41) is 9.03. The van der Waals surface area contributed by atoms with Crippen molar-refractivity contribution >= 4 is 6.09 Å². The van der Waals surface area contributed by atoms with Crippen LogP contribution in [0.3, 0.4) is 0 Å². The molecule has 1 amide bonds. The van der Waals surface area contributed by atoms with E-state index in [4.69, 9.17) is 9.84 Å². The molecule has 0 bridgehead atoms. The average molecular weight is 384 g/mol. The number of aromatic nitrogens is 1. The molecule has 1 aromatic carbocycles. The third-order valence-corrected chi connectivity index (χ3v) is 5.65. The second-order valence-electron chi connectivity index (χ2n) is 7.69. The minimum Gasteiger partial charge on any atom is -0.443 e. The van der Waals surface area contributed by atoms with Crippen LogP contribution in [-0.2, 0) is 11.8 Å². The van der Waals surface area contributed by atoms with Crippen molar-refractivity contribution < 1.29 is 14.6 Å². The number of hydrogen-bond donors (Lipinski definition) is 1. The first-order chi connectivity index (χ1) is 13.3. The summed E-state index contributed by atoms with van der Waals surface area (Å²) in [6.45, 7) is 4.65. The number of carbonyl (C=O) groups is 1. The number of carbonyl (C=O) groups excluding carboxylic acids is 1. The van der Waals surface area contributed by atoms with Crippen molar-refractivity contribution in [2.75, 3.05) is 13.2 Å². The molecular weight excluding hydrogens is 356 g/mol. The van der Waals surface area contributed by atoms with Gasteiger partial charge in [-0.25, -0.2) is 4.79 Å². The van der Waals surface area contributed by atoms with Crippen LogP contribution < -0.4 is 5.56 Å². The van der Waals surface area contributed by atoms with Gasteiger partial charge in [0, 0.05) is 32.7 Å². The Morgan fingerprint density at radius 1 is 1.18 bits per heavy atom. The summed E-state index contributed by atoms with van der Waals surface area (Å²) in [4.78, 5) is 26.1. The molecular formula is C22H28N2O4. The normalized spacial score (nSPS) is 20.7. The number of aliphatic hydroxyl groups excluding tert-OH is 1. The molecule has 0 radical (unpaired) electrons. The maximum atomic E-state index is 12.6. The summed E-state index contributed by atoms with van der Waals surface area (Å²) in [5.74, 6) is 0. The molecule has 1 aromatic heterocycles. The SMILES string of the molecule is C[C@@H](c1ccc(-c2cccc(=O)n2C)cc1)N1CC[C@@](C)(CCCO)OC1=O. The second kappa shape index (κ2) is 8.19. The van der Waals surface area contributed by atoms with Crippen LogP contribution in [0, 0.1) is 0 Å². The van der Waals surface area contributed by atoms with E-state index in [1.165, 1.54) is 6.07 Å². The van der Waals surface area contributed by atoms with E-state index in [1.807, 2.05) is 44.2 Å². The lowest BCUT2D eigenvalue weighted by Gasteiger charge is -2.41. The summed E-state index contributed by atoms with van der Waals surface area (Å²) in [6, 6.07) is 13.0. The fourth-order valence-corrected chi connectivity index (χ4v) is 3.72. The summed E-state index contributed by atoms with van der Waals surface area (Å²) in [5.41, 5.74) is 2.27. The van der Waals surface area contributed by atoms with Gasteiger partial charge in [0.1, 0.15) is 5.60 Å². The number of pyridine rings is 1. The molecule has 28 heavy (non-hydrogen) atoms. The van der Waals surface area contributed by atoms with E-state index in [0.717, 1.165) is 23.2 Å². The number of aliphatic hydroxyl groups is 1. The van der Waals surface area contributed by atoms with Gasteiger partial charge in [-0.15, -0.1) is 0 Å². The molecule has 6 heteroatoms. The summed E-state index contributed by atoms with van der Waals surface area (Å²) in [6.07, 6.45) is 1.73. The molecule has 0 spiro atoms. The zero-order valence-corrected chi connectivity index (χ0v) is 16.7. The average Bonchev–Trinajstić information content (AvgIpc) is 2.68. The van der Waals surface area contributed by atoms with Gasteiger partial charge in [0.25, 0.3) is 5.56 Å². The highest BCUT2D eigenvalue weighted by atomic mass is 16.6. The molecule has 0 aliphatic carbocycles. The Bertz CT molecular complexity index is 890. The van der Waals surface area contributed by atoms with Gasteiger partial charge >= 0.3 is 6.09 Å². The molecule has 1 N–H and O–H groups in total. The van der Waals surface area contributed by atoms with E-state index in [9.17, 15) is 9.59 Å². The van der Waals surface area contributed by atoms with Crippen LogP contribution >= 0.6 is 0 Å². The van der Waals surface area contributed by atoms with Crippen LogP contribution in [0.2, 0.25) is 0 Å². The molecule has 2 heterocycles.